The Kier molecular flexibility index (Phi) is 10.2. The zero-order valence-electron chi connectivity index (χ0n) is 25.6. The molecule has 0 aromatic heterocycles. The maximum Gasteiger partial charge on any atom is 0.416 e. The molecule has 4 nitrogen and oxygen atoms in total. The fourth-order valence-electron chi connectivity index (χ4n) is 5.49. The van der Waals surface area contributed by atoms with E-state index in [1.54, 1.807) is 18.2 Å². The van der Waals surface area contributed by atoms with E-state index in [9.17, 15) is 22.7 Å². The van der Waals surface area contributed by atoms with E-state index in [1.807, 2.05) is 30.3 Å². The summed E-state index contributed by atoms with van der Waals surface area (Å²) in [6, 6.07) is 20.7. The largest absolute Gasteiger partial charge is 0.416 e. The maximum absolute atomic E-state index is 14.2. The minimum atomic E-state index is -4.53. The number of alkyl halides is 3. The van der Waals surface area contributed by atoms with Crippen LogP contribution in [0, 0.1) is 5.82 Å². The van der Waals surface area contributed by atoms with Crippen molar-refractivity contribution >= 4 is 8.32 Å². The third kappa shape index (κ3) is 8.13. The lowest BCUT2D eigenvalue weighted by Gasteiger charge is -2.47. The smallest absolute Gasteiger partial charge is 0.416 e. The van der Waals surface area contributed by atoms with Crippen LogP contribution in [-0.4, -0.2) is 43.9 Å². The topological polar surface area (TPSA) is 41.9 Å². The van der Waals surface area contributed by atoms with Gasteiger partial charge in [0.05, 0.1) is 18.2 Å². The first-order chi connectivity index (χ1) is 20.1. The molecule has 43 heavy (non-hydrogen) atoms. The van der Waals surface area contributed by atoms with E-state index in [0.717, 1.165) is 11.6 Å². The molecule has 0 bridgehead atoms. The van der Waals surface area contributed by atoms with E-state index in [-0.39, 0.29) is 36.7 Å². The molecule has 1 aliphatic rings. The van der Waals surface area contributed by atoms with Crippen LogP contribution in [0.2, 0.25) is 18.1 Å². The van der Waals surface area contributed by atoms with Gasteiger partial charge >= 0.3 is 6.18 Å². The first kappa shape index (κ1) is 33.3. The predicted octanol–water partition coefficient (Wildman–Crippen LogP) is 8.69. The van der Waals surface area contributed by atoms with Crippen molar-refractivity contribution in [3.05, 3.63) is 107 Å². The summed E-state index contributed by atoms with van der Waals surface area (Å²) in [5.41, 5.74) is 1.16. The molecule has 3 atom stereocenters. The Balaban J connectivity index is 1.68. The zero-order valence-corrected chi connectivity index (χ0v) is 26.6. The van der Waals surface area contributed by atoms with E-state index in [0.29, 0.717) is 18.7 Å². The number of halogens is 4. The average Bonchev–Trinajstić information content (AvgIpc) is 2.93. The summed E-state index contributed by atoms with van der Waals surface area (Å²) < 4.78 is 69.0. The number of morpholine rings is 1. The molecule has 0 radical (unpaired) electrons. The maximum atomic E-state index is 14.2. The van der Waals surface area contributed by atoms with Crippen molar-refractivity contribution in [1.29, 1.82) is 0 Å². The van der Waals surface area contributed by atoms with Crippen LogP contribution in [0.4, 0.5) is 17.6 Å². The van der Waals surface area contributed by atoms with Crippen molar-refractivity contribution in [3.63, 3.8) is 0 Å². The van der Waals surface area contributed by atoms with Crippen LogP contribution >= 0.6 is 0 Å². The van der Waals surface area contributed by atoms with Crippen molar-refractivity contribution in [3.8, 4) is 0 Å². The second-order valence-electron chi connectivity index (χ2n) is 13.0. The van der Waals surface area contributed by atoms with Crippen LogP contribution in [0.3, 0.4) is 0 Å². The molecule has 3 aromatic carbocycles. The Morgan fingerprint density at radius 2 is 1.60 bits per heavy atom. The van der Waals surface area contributed by atoms with Crippen molar-refractivity contribution < 1.29 is 31.8 Å². The summed E-state index contributed by atoms with van der Waals surface area (Å²) >= 11 is 0. The van der Waals surface area contributed by atoms with Crippen molar-refractivity contribution in [2.24, 2.45) is 0 Å². The molecule has 1 saturated heterocycles. The summed E-state index contributed by atoms with van der Waals surface area (Å²) in [5.74, 6) is -2.77. The van der Waals surface area contributed by atoms with Gasteiger partial charge in [-0.15, -0.1) is 0 Å². The van der Waals surface area contributed by atoms with Gasteiger partial charge in [-0.2, -0.15) is 13.2 Å². The molecule has 1 heterocycles. The molecule has 0 amide bonds. The van der Waals surface area contributed by atoms with E-state index in [1.165, 1.54) is 24.3 Å². The van der Waals surface area contributed by atoms with Crippen LogP contribution in [0.5, 0.6) is 0 Å². The number of aliphatic hydroxyl groups is 1. The second-order valence-corrected chi connectivity index (χ2v) is 17.8. The lowest BCUT2D eigenvalue weighted by Crippen LogP contribution is -2.54. The van der Waals surface area contributed by atoms with E-state index < -0.39 is 43.6 Å². The first-order valence-electron chi connectivity index (χ1n) is 14.8. The number of hydrogen-bond donors (Lipinski definition) is 1. The summed E-state index contributed by atoms with van der Waals surface area (Å²) in [6.45, 7) is 11.8. The van der Waals surface area contributed by atoms with E-state index in [4.69, 9.17) is 9.16 Å². The highest BCUT2D eigenvalue weighted by Gasteiger charge is 2.46. The van der Waals surface area contributed by atoms with Crippen molar-refractivity contribution in [2.75, 3.05) is 19.8 Å². The van der Waals surface area contributed by atoms with Crippen molar-refractivity contribution in [1.82, 2.24) is 4.90 Å². The summed E-state index contributed by atoms with van der Waals surface area (Å²) in [6.07, 6.45) is -4.29. The van der Waals surface area contributed by atoms with Crippen LogP contribution in [-0.2, 0) is 21.9 Å². The summed E-state index contributed by atoms with van der Waals surface area (Å²) in [7, 11) is -2.30. The Bertz CT molecular complexity index is 1330. The molecule has 0 saturated carbocycles. The molecule has 0 aliphatic carbocycles. The number of hydrogen-bond acceptors (Lipinski definition) is 4. The number of rotatable bonds is 10. The van der Waals surface area contributed by atoms with Gasteiger partial charge in [-0.1, -0.05) is 81.4 Å². The van der Waals surface area contributed by atoms with Gasteiger partial charge in [0.25, 0.3) is 0 Å². The van der Waals surface area contributed by atoms with Crippen LogP contribution in [0.15, 0.2) is 78.9 Å². The lowest BCUT2D eigenvalue weighted by atomic mass is 9.85. The van der Waals surface area contributed by atoms with E-state index in [2.05, 4.69) is 38.8 Å². The fourth-order valence-corrected chi connectivity index (χ4v) is 6.54. The molecule has 1 fully saturated rings. The summed E-state index contributed by atoms with van der Waals surface area (Å²) in [4.78, 5) is 2.09. The SMILES string of the molecule is CC(C)(C)[Si](C)(C)OCC(CCC1(O)OCCN(Cc2ccccc2)C1c1ccc(F)cc1)c1ccccc1C(F)(F)F. The van der Waals surface area contributed by atoms with Gasteiger partial charge in [0.15, 0.2) is 14.1 Å². The minimum absolute atomic E-state index is 0.0536. The van der Waals surface area contributed by atoms with Gasteiger partial charge in [-0.05, 0) is 59.4 Å². The molecular formula is C34H43F4NO3Si. The van der Waals surface area contributed by atoms with Crippen LogP contribution < -0.4 is 0 Å². The van der Waals surface area contributed by atoms with E-state index >= 15 is 0 Å². The van der Waals surface area contributed by atoms with Gasteiger partial charge in [-0.25, -0.2) is 4.39 Å². The molecule has 3 unspecified atom stereocenters. The number of ether oxygens (including phenoxy) is 1. The Morgan fingerprint density at radius 3 is 2.23 bits per heavy atom. The minimum Gasteiger partial charge on any atom is -0.416 e. The zero-order chi connectivity index (χ0) is 31.5. The van der Waals surface area contributed by atoms with Crippen LogP contribution in [0.25, 0.3) is 0 Å². The average molecular weight is 618 g/mol. The highest BCUT2D eigenvalue weighted by atomic mass is 28.4. The molecule has 234 valence electrons. The Morgan fingerprint density at radius 1 is 0.977 bits per heavy atom. The van der Waals surface area contributed by atoms with Crippen molar-refractivity contribution in [2.45, 2.75) is 82.2 Å². The molecule has 4 rings (SSSR count). The fraction of sp³-hybridized carbons (Fsp3) is 0.471. The summed E-state index contributed by atoms with van der Waals surface area (Å²) in [5, 5.41) is 12.0. The Hall–Kier alpha value is -2.56. The van der Waals surface area contributed by atoms with Crippen LogP contribution in [0.1, 0.15) is 67.8 Å². The molecular weight excluding hydrogens is 574 g/mol. The molecule has 9 heteroatoms. The lowest BCUT2D eigenvalue weighted by molar-refractivity contribution is -0.277. The van der Waals surface area contributed by atoms with Gasteiger partial charge in [0.1, 0.15) is 5.82 Å². The molecule has 3 aromatic rings. The highest BCUT2D eigenvalue weighted by molar-refractivity contribution is 6.74. The third-order valence-corrected chi connectivity index (χ3v) is 13.4. The quantitative estimate of drug-likeness (QED) is 0.183. The second kappa shape index (κ2) is 13.2. The monoisotopic (exact) mass is 617 g/mol. The number of benzene rings is 3. The van der Waals surface area contributed by atoms with Gasteiger partial charge in [0, 0.05) is 32.0 Å². The van der Waals surface area contributed by atoms with Gasteiger partial charge < -0.3 is 14.3 Å². The Labute approximate surface area is 253 Å². The van der Waals surface area contributed by atoms with Gasteiger partial charge in [-0.3, -0.25) is 4.90 Å². The standard InChI is InChI=1S/C34H43F4NO3Si/c1-32(2,3)43(4,5)42-24-27(29-13-9-10-14-30(29)34(36,37)38)19-20-33(40)31(26-15-17-28(35)18-16-26)39(21-22-41-33)23-25-11-7-6-8-12-25/h6-18,27,31,40H,19-24H2,1-5H3. The number of nitrogens with zero attached hydrogens (tertiary/aromatic N) is 1. The molecule has 0 spiro atoms. The molecule has 1 aliphatic heterocycles. The highest BCUT2D eigenvalue weighted by Crippen LogP contribution is 2.44. The molecule has 1 N–H and O–H groups in total. The van der Waals surface area contributed by atoms with Gasteiger partial charge in [0.2, 0.25) is 0 Å². The third-order valence-electron chi connectivity index (χ3n) is 8.95. The predicted molar refractivity (Wildman–Crippen MR) is 163 cm³/mol. The first-order valence-corrected chi connectivity index (χ1v) is 17.7. The normalized spacial score (nSPS) is 21.1.